The van der Waals surface area contributed by atoms with Crippen LogP contribution < -0.4 is 0 Å². The Kier molecular flexibility index (Phi) is 4.04. The molecule has 5 heteroatoms. The minimum Gasteiger partial charge on any atom is -0.386 e. The predicted molar refractivity (Wildman–Crippen MR) is 69.5 cm³/mol. The summed E-state index contributed by atoms with van der Waals surface area (Å²) in [6.07, 6.45) is 0.941. The number of benzene rings is 1. The molecule has 0 saturated heterocycles. The van der Waals surface area contributed by atoms with Crippen molar-refractivity contribution in [3.8, 4) is 0 Å². The number of hydrogen-bond donors (Lipinski definition) is 1. The monoisotopic (exact) mass is 310 g/mol. The van der Waals surface area contributed by atoms with Crippen molar-refractivity contribution in [2.45, 2.75) is 19.4 Å². The van der Waals surface area contributed by atoms with Gasteiger partial charge in [-0.25, -0.2) is 14.4 Å². The van der Waals surface area contributed by atoms with Crippen molar-refractivity contribution in [2.24, 2.45) is 0 Å². The molecule has 94 valence electrons. The highest BCUT2D eigenvalue weighted by molar-refractivity contribution is 9.10. The molecule has 0 bridgehead atoms. The maximum Gasteiger partial charge on any atom is 0.127 e. The highest BCUT2D eigenvalue weighted by atomic mass is 79.9. The molecule has 0 fully saturated rings. The molecule has 0 amide bonds. The molecule has 18 heavy (non-hydrogen) atoms. The summed E-state index contributed by atoms with van der Waals surface area (Å²) in [4.78, 5) is 8.08. The van der Waals surface area contributed by atoms with Gasteiger partial charge in [0.1, 0.15) is 17.7 Å². The summed E-state index contributed by atoms with van der Waals surface area (Å²) in [7, 11) is 0. The molecule has 0 aliphatic heterocycles. The van der Waals surface area contributed by atoms with Gasteiger partial charge in [0.05, 0.1) is 5.69 Å². The van der Waals surface area contributed by atoms with Crippen molar-refractivity contribution in [1.29, 1.82) is 0 Å². The summed E-state index contributed by atoms with van der Waals surface area (Å²) >= 11 is 3.19. The normalized spacial score (nSPS) is 12.4. The van der Waals surface area contributed by atoms with Crippen molar-refractivity contribution in [1.82, 2.24) is 9.97 Å². The summed E-state index contributed by atoms with van der Waals surface area (Å²) in [6, 6.07) is 6.41. The minimum atomic E-state index is -0.831. The first kappa shape index (κ1) is 13.1. The third kappa shape index (κ3) is 3.11. The summed E-state index contributed by atoms with van der Waals surface area (Å²) in [6.45, 7) is 1.75. The van der Waals surface area contributed by atoms with E-state index in [1.165, 1.54) is 6.07 Å². The quantitative estimate of drug-likeness (QED) is 0.948. The molecular formula is C13H12BrFN2O. The second kappa shape index (κ2) is 5.54. The van der Waals surface area contributed by atoms with Crippen LogP contribution in [-0.4, -0.2) is 15.1 Å². The first-order chi connectivity index (χ1) is 8.56. The van der Waals surface area contributed by atoms with E-state index in [0.717, 1.165) is 0 Å². The van der Waals surface area contributed by atoms with Gasteiger partial charge in [0.15, 0.2) is 0 Å². The van der Waals surface area contributed by atoms with Gasteiger partial charge in [-0.05, 0) is 30.7 Å². The fourth-order valence-electron chi connectivity index (χ4n) is 1.66. The van der Waals surface area contributed by atoms with E-state index in [1.807, 2.05) is 0 Å². The Hall–Kier alpha value is -1.33. The molecule has 3 nitrogen and oxygen atoms in total. The van der Waals surface area contributed by atoms with Crippen LogP contribution in [0.1, 0.15) is 23.2 Å². The number of aromatic nitrogens is 2. The predicted octanol–water partition coefficient (Wildman–Crippen LogP) is 2.96. The van der Waals surface area contributed by atoms with Gasteiger partial charge in [-0.2, -0.15) is 0 Å². The lowest BCUT2D eigenvalue weighted by atomic mass is 10.1. The van der Waals surface area contributed by atoms with E-state index in [4.69, 9.17) is 0 Å². The van der Waals surface area contributed by atoms with E-state index in [-0.39, 0.29) is 12.2 Å². The molecule has 0 aliphatic carbocycles. The van der Waals surface area contributed by atoms with Crippen LogP contribution in [0.3, 0.4) is 0 Å². The summed E-state index contributed by atoms with van der Waals surface area (Å²) < 4.78 is 14.3. The van der Waals surface area contributed by atoms with Crippen LogP contribution in [0.15, 0.2) is 34.9 Å². The number of halogens is 2. The number of aryl methyl sites for hydroxylation is 1. The van der Waals surface area contributed by atoms with E-state index in [2.05, 4.69) is 25.9 Å². The maximum absolute atomic E-state index is 13.6. The second-order valence-electron chi connectivity index (χ2n) is 3.98. The molecule has 1 aromatic heterocycles. The summed E-state index contributed by atoms with van der Waals surface area (Å²) in [5, 5.41) is 10.0. The van der Waals surface area contributed by atoms with E-state index >= 15 is 0 Å². The first-order valence-corrected chi connectivity index (χ1v) is 6.27. The van der Waals surface area contributed by atoms with Gasteiger partial charge in [-0.15, -0.1) is 0 Å². The molecule has 2 rings (SSSR count). The van der Waals surface area contributed by atoms with Crippen molar-refractivity contribution in [2.75, 3.05) is 0 Å². The second-order valence-corrected chi connectivity index (χ2v) is 4.90. The molecule has 1 unspecified atom stereocenters. The molecule has 1 aromatic carbocycles. The van der Waals surface area contributed by atoms with E-state index in [9.17, 15) is 9.50 Å². The lowest BCUT2D eigenvalue weighted by Crippen LogP contribution is -2.07. The molecule has 2 aromatic rings. The largest absolute Gasteiger partial charge is 0.386 e. The van der Waals surface area contributed by atoms with Crippen molar-refractivity contribution in [3.63, 3.8) is 0 Å². The molecule has 0 radical (unpaired) electrons. The van der Waals surface area contributed by atoms with Gasteiger partial charge in [0, 0.05) is 17.1 Å². The fourth-order valence-corrected chi connectivity index (χ4v) is 1.99. The van der Waals surface area contributed by atoms with Crippen LogP contribution in [0.5, 0.6) is 0 Å². The van der Waals surface area contributed by atoms with Gasteiger partial charge in [0.2, 0.25) is 0 Å². The highest BCUT2D eigenvalue weighted by Gasteiger charge is 2.13. The highest BCUT2D eigenvalue weighted by Crippen LogP contribution is 2.21. The molecule has 0 spiro atoms. The maximum atomic E-state index is 13.6. The number of nitrogens with zero attached hydrogens (tertiary/aromatic N) is 2. The Balaban J connectivity index is 2.18. The zero-order chi connectivity index (χ0) is 13.1. The van der Waals surface area contributed by atoms with Crippen molar-refractivity contribution >= 4 is 15.9 Å². The minimum absolute atomic E-state index is 0.190. The molecule has 1 atom stereocenters. The van der Waals surface area contributed by atoms with Crippen LogP contribution in [-0.2, 0) is 6.42 Å². The molecule has 1 heterocycles. The Morgan fingerprint density at radius 2 is 2.17 bits per heavy atom. The van der Waals surface area contributed by atoms with Gasteiger partial charge in [-0.3, -0.25) is 0 Å². The standard InChI is InChI=1S/C13H12BrFN2O/c1-8-16-5-4-12(17-8)13(18)6-9-2-3-10(14)7-11(9)15/h2-5,7,13,18H,6H2,1H3. The van der Waals surface area contributed by atoms with Gasteiger partial charge < -0.3 is 5.11 Å². The third-order valence-electron chi connectivity index (χ3n) is 2.57. The van der Waals surface area contributed by atoms with E-state index in [0.29, 0.717) is 21.6 Å². The topological polar surface area (TPSA) is 46.0 Å². The Labute approximate surface area is 113 Å². The lowest BCUT2D eigenvalue weighted by molar-refractivity contribution is 0.172. The Morgan fingerprint density at radius 1 is 1.39 bits per heavy atom. The number of hydrogen-bond acceptors (Lipinski definition) is 3. The Bertz CT molecular complexity index is 562. The van der Waals surface area contributed by atoms with Crippen molar-refractivity contribution < 1.29 is 9.50 Å². The number of aliphatic hydroxyl groups excluding tert-OH is 1. The SMILES string of the molecule is Cc1nccc(C(O)Cc2ccc(Br)cc2F)n1. The average Bonchev–Trinajstić information content (AvgIpc) is 2.32. The summed E-state index contributed by atoms with van der Waals surface area (Å²) in [5.74, 6) is 0.247. The van der Waals surface area contributed by atoms with Gasteiger partial charge in [0.25, 0.3) is 0 Å². The Morgan fingerprint density at radius 3 is 2.83 bits per heavy atom. The number of aliphatic hydroxyl groups is 1. The zero-order valence-electron chi connectivity index (χ0n) is 9.77. The molecule has 1 N–H and O–H groups in total. The fraction of sp³-hybridized carbons (Fsp3) is 0.231. The molecular weight excluding hydrogens is 299 g/mol. The van der Waals surface area contributed by atoms with Crippen LogP contribution in [0.4, 0.5) is 4.39 Å². The van der Waals surface area contributed by atoms with Crippen LogP contribution in [0.2, 0.25) is 0 Å². The molecule has 0 aliphatic rings. The van der Waals surface area contributed by atoms with Crippen LogP contribution in [0, 0.1) is 12.7 Å². The first-order valence-electron chi connectivity index (χ1n) is 5.48. The van der Waals surface area contributed by atoms with Crippen LogP contribution in [0.25, 0.3) is 0 Å². The summed E-state index contributed by atoms with van der Waals surface area (Å²) in [5.41, 5.74) is 0.965. The van der Waals surface area contributed by atoms with Crippen LogP contribution >= 0.6 is 15.9 Å². The lowest BCUT2D eigenvalue weighted by Gasteiger charge is -2.11. The smallest absolute Gasteiger partial charge is 0.127 e. The van der Waals surface area contributed by atoms with Gasteiger partial charge in [-0.1, -0.05) is 22.0 Å². The zero-order valence-corrected chi connectivity index (χ0v) is 11.4. The average molecular weight is 311 g/mol. The van der Waals surface area contributed by atoms with Gasteiger partial charge >= 0.3 is 0 Å². The molecule has 0 saturated carbocycles. The van der Waals surface area contributed by atoms with Crippen molar-refractivity contribution in [3.05, 3.63) is 57.8 Å². The number of rotatable bonds is 3. The third-order valence-corrected chi connectivity index (χ3v) is 3.06. The van der Waals surface area contributed by atoms with E-state index in [1.54, 1.807) is 31.3 Å². The van der Waals surface area contributed by atoms with E-state index < -0.39 is 6.10 Å².